The Kier molecular flexibility index (Phi) is 15.5. The van der Waals surface area contributed by atoms with Crippen molar-refractivity contribution in [1.29, 1.82) is 0 Å². The number of carboxylic acids is 2. The monoisotopic (exact) mass is 790 g/mol. The van der Waals surface area contributed by atoms with Crippen LogP contribution in [0.4, 0.5) is 43.4 Å². The summed E-state index contributed by atoms with van der Waals surface area (Å²) >= 11 is 0. The third kappa shape index (κ3) is 12.7. The van der Waals surface area contributed by atoms with E-state index in [0.29, 0.717) is 47.8 Å². The number of carbonyl (C=O) groups excluding carboxylic acids is 1. The van der Waals surface area contributed by atoms with Crippen LogP contribution in [-0.4, -0.2) is 73.3 Å². The maximum absolute atomic E-state index is 12.4. The van der Waals surface area contributed by atoms with Gasteiger partial charge in [0.2, 0.25) is 0 Å². The Labute approximate surface area is 305 Å². The topological polar surface area (TPSA) is 207 Å². The van der Waals surface area contributed by atoms with Crippen molar-refractivity contribution in [2.75, 3.05) is 30.1 Å². The molecule has 0 saturated carbocycles. The lowest BCUT2D eigenvalue weighted by molar-refractivity contribution is -0.193. The maximum atomic E-state index is 12.4. The van der Waals surface area contributed by atoms with Crippen LogP contribution in [0.25, 0.3) is 10.9 Å². The lowest BCUT2D eigenvalue weighted by Gasteiger charge is -2.20. The second kappa shape index (κ2) is 18.8. The van der Waals surface area contributed by atoms with Gasteiger partial charge >= 0.3 is 24.3 Å². The van der Waals surface area contributed by atoms with Crippen LogP contribution in [0.3, 0.4) is 0 Å². The molecule has 4 rings (SSSR count). The van der Waals surface area contributed by atoms with Gasteiger partial charge in [0, 0.05) is 41.8 Å². The Morgan fingerprint density at radius 3 is 1.81 bits per heavy atom. The first-order valence-corrected chi connectivity index (χ1v) is 17.5. The highest BCUT2D eigenvalue weighted by molar-refractivity contribution is 7.90. The number of nitrogens with zero attached hydrogens (tertiary/aromatic N) is 1. The first-order chi connectivity index (χ1) is 25.0. The molecule has 0 aliphatic rings. The molecular formula is C34H36F6N4O9S. The minimum absolute atomic E-state index is 0.260. The molecule has 0 fully saturated rings. The highest BCUT2D eigenvalue weighted by atomic mass is 32.2. The van der Waals surface area contributed by atoms with E-state index < -0.39 is 40.0 Å². The number of nitrogens with one attached hydrogen (secondary N) is 2. The number of ether oxygens (including phenoxy) is 2. The number of carbonyl (C=O) groups is 3. The van der Waals surface area contributed by atoms with Crippen molar-refractivity contribution in [2.45, 2.75) is 51.0 Å². The molecule has 0 bridgehead atoms. The predicted octanol–water partition coefficient (Wildman–Crippen LogP) is 6.72. The first-order valence-electron chi connectivity index (χ1n) is 15.6. The van der Waals surface area contributed by atoms with Crippen LogP contribution in [-0.2, 0) is 32.4 Å². The van der Waals surface area contributed by atoms with Crippen molar-refractivity contribution < 1.29 is 68.8 Å². The number of fused-ring (bicyclic) bond motifs is 1. The van der Waals surface area contributed by atoms with Crippen LogP contribution in [0.2, 0.25) is 0 Å². The van der Waals surface area contributed by atoms with Crippen molar-refractivity contribution in [3.8, 4) is 11.5 Å². The van der Waals surface area contributed by atoms with Crippen molar-refractivity contribution >= 4 is 55.6 Å². The number of rotatable bonds is 12. The summed E-state index contributed by atoms with van der Waals surface area (Å²) in [5.74, 6) is -4.98. The van der Waals surface area contributed by atoms with Crippen LogP contribution < -0.4 is 25.8 Å². The Hall–Kier alpha value is -5.79. The molecule has 20 heteroatoms. The Balaban J connectivity index is 0.000000610. The van der Waals surface area contributed by atoms with Gasteiger partial charge in [-0.15, -0.1) is 0 Å². The minimum atomic E-state index is -5.08. The molecule has 0 unspecified atom stereocenters. The number of pyridine rings is 1. The van der Waals surface area contributed by atoms with Crippen molar-refractivity contribution in [3.05, 3.63) is 77.5 Å². The number of amides is 1. The summed E-state index contributed by atoms with van der Waals surface area (Å²) < 4.78 is 98.6. The van der Waals surface area contributed by atoms with E-state index in [-0.39, 0.29) is 10.5 Å². The lowest BCUT2D eigenvalue weighted by atomic mass is 10.0. The number of carboxylic acid groups (broad SMARTS) is 2. The Morgan fingerprint density at radius 1 is 0.852 bits per heavy atom. The number of anilines is 3. The quantitative estimate of drug-likeness (QED) is 0.0949. The van der Waals surface area contributed by atoms with Gasteiger partial charge in [0.05, 0.1) is 34.9 Å². The summed E-state index contributed by atoms with van der Waals surface area (Å²) in [6, 6.07) is 16.2. The van der Waals surface area contributed by atoms with Crippen LogP contribution in [0.15, 0.2) is 65.7 Å². The van der Waals surface area contributed by atoms with Crippen LogP contribution in [0, 0.1) is 0 Å². The smallest absolute Gasteiger partial charge is 0.490 e. The lowest BCUT2D eigenvalue weighted by Crippen LogP contribution is -2.21. The molecule has 1 amide bonds. The van der Waals surface area contributed by atoms with Crippen LogP contribution in [0.5, 0.6) is 11.5 Å². The molecule has 1 heterocycles. The average molecular weight is 791 g/mol. The van der Waals surface area contributed by atoms with Gasteiger partial charge in [0.15, 0.2) is 21.3 Å². The molecule has 0 aliphatic carbocycles. The molecular weight excluding hydrogens is 754 g/mol. The van der Waals surface area contributed by atoms with E-state index in [0.717, 1.165) is 28.9 Å². The number of primary amides is 1. The summed E-state index contributed by atoms with van der Waals surface area (Å²) in [4.78, 5) is 35.0. The number of hydrogen-bond donors (Lipinski definition) is 5. The SMILES string of the molecule is CCOc1cc2ncc(C(N)=O)c(Nc3cccc(CNc4ccc(S(C)(=O)=O)cc4)c3CC)c2cc1OCC.O=C(O)C(F)(F)F.O=C(O)C(F)(F)F. The number of sulfone groups is 1. The highest BCUT2D eigenvalue weighted by Crippen LogP contribution is 2.38. The van der Waals surface area contributed by atoms with E-state index >= 15 is 0 Å². The van der Waals surface area contributed by atoms with Crippen LogP contribution in [0.1, 0.15) is 42.3 Å². The fourth-order valence-corrected chi connectivity index (χ4v) is 5.18. The molecule has 6 N–H and O–H groups in total. The third-order valence-corrected chi connectivity index (χ3v) is 8.06. The van der Waals surface area contributed by atoms with E-state index in [4.69, 9.17) is 35.0 Å². The third-order valence-electron chi connectivity index (χ3n) is 6.94. The van der Waals surface area contributed by atoms with Gasteiger partial charge in [-0.1, -0.05) is 19.1 Å². The fraction of sp³-hybridized carbons (Fsp3) is 0.294. The average Bonchev–Trinajstić information content (AvgIpc) is 3.07. The number of halogens is 6. The summed E-state index contributed by atoms with van der Waals surface area (Å²) in [6.45, 7) is 7.29. The molecule has 0 aliphatic heterocycles. The molecule has 0 saturated heterocycles. The zero-order valence-electron chi connectivity index (χ0n) is 29.1. The molecule has 4 aromatic rings. The molecule has 294 valence electrons. The summed E-state index contributed by atoms with van der Waals surface area (Å²) in [5.41, 5.74) is 10.9. The molecule has 54 heavy (non-hydrogen) atoms. The van der Waals surface area contributed by atoms with E-state index in [1.54, 1.807) is 30.3 Å². The second-order valence-corrected chi connectivity index (χ2v) is 12.8. The fourth-order valence-electron chi connectivity index (χ4n) is 4.54. The molecule has 13 nitrogen and oxygen atoms in total. The van der Waals surface area contributed by atoms with Crippen molar-refractivity contribution in [2.24, 2.45) is 5.73 Å². The predicted molar refractivity (Wildman–Crippen MR) is 186 cm³/mol. The van der Waals surface area contributed by atoms with Gasteiger partial charge < -0.3 is 36.1 Å². The molecule has 1 aromatic heterocycles. The molecule has 0 radical (unpaired) electrons. The van der Waals surface area contributed by atoms with E-state index in [1.807, 2.05) is 38.1 Å². The minimum Gasteiger partial charge on any atom is -0.490 e. The van der Waals surface area contributed by atoms with E-state index in [9.17, 15) is 39.6 Å². The Morgan fingerprint density at radius 2 is 1.37 bits per heavy atom. The van der Waals surface area contributed by atoms with Gasteiger partial charge in [0.1, 0.15) is 0 Å². The largest absolute Gasteiger partial charge is 0.490 e. The maximum Gasteiger partial charge on any atom is 0.490 e. The van der Waals surface area contributed by atoms with Crippen molar-refractivity contribution in [1.82, 2.24) is 4.98 Å². The number of aliphatic carboxylic acids is 2. The van der Waals surface area contributed by atoms with Gasteiger partial charge in [0.25, 0.3) is 5.91 Å². The summed E-state index contributed by atoms with van der Waals surface area (Å²) in [5, 5.41) is 21.8. The number of nitrogens with two attached hydrogens (primary N) is 1. The number of aromatic nitrogens is 1. The van der Waals surface area contributed by atoms with Gasteiger partial charge in [-0.3, -0.25) is 9.78 Å². The Bertz CT molecular complexity index is 2030. The highest BCUT2D eigenvalue weighted by Gasteiger charge is 2.39. The standard InChI is InChI=1S/C30H34N4O5S.2C2HF3O2/c1-5-22-19(17-32-20-11-13-21(14-12-20)40(4,36)37)9-8-10-25(22)34-29-23-15-27(38-6-2)28(39-7-3)16-26(23)33-18-24(29)30(31)35;2*3-2(4,5)1(6)7/h8-16,18,32H,5-7,17H2,1-4H3,(H2,31,35)(H,33,34);2*(H,6,7). The zero-order chi connectivity index (χ0) is 41.0. The van der Waals surface area contributed by atoms with Gasteiger partial charge in [-0.05, 0) is 67.8 Å². The first kappa shape index (κ1) is 44.4. The number of alkyl halides is 6. The summed E-state index contributed by atoms with van der Waals surface area (Å²) in [7, 11) is -3.26. The molecule has 3 aromatic carbocycles. The van der Waals surface area contributed by atoms with E-state index in [1.165, 1.54) is 12.5 Å². The van der Waals surface area contributed by atoms with Crippen molar-refractivity contribution in [3.63, 3.8) is 0 Å². The zero-order valence-corrected chi connectivity index (χ0v) is 29.9. The van der Waals surface area contributed by atoms with Crippen LogP contribution >= 0.6 is 0 Å². The molecule has 0 spiro atoms. The normalized spacial score (nSPS) is 11.3. The summed E-state index contributed by atoms with van der Waals surface area (Å²) in [6.07, 6.45) is -6.78. The van der Waals surface area contributed by atoms with Gasteiger partial charge in [-0.25, -0.2) is 18.0 Å². The molecule has 0 atom stereocenters. The second-order valence-electron chi connectivity index (χ2n) is 10.8. The van der Waals surface area contributed by atoms with E-state index in [2.05, 4.69) is 22.5 Å². The number of benzene rings is 3. The van der Waals surface area contributed by atoms with Gasteiger partial charge in [-0.2, -0.15) is 26.3 Å². The number of hydrogen-bond acceptors (Lipinski definition) is 10.